The number of phenols is 1. The number of ether oxygens (including phenoxy) is 1. The van der Waals surface area contributed by atoms with E-state index in [1.807, 2.05) is 0 Å². The summed E-state index contributed by atoms with van der Waals surface area (Å²) in [4.78, 5) is 22.7. The maximum atomic E-state index is 11.9. The van der Waals surface area contributed by atoms with Gasteiger partial charge in [-0.3, -0.25) is 9.59 Å². The van der Waals surface area contributed by atoms with Crippen molar-refractivity contribution in [1.82, 2.24) is 10.2 Å². The molecule has 7 nitrogen and oxygen atoms in total. The fourth-order valence-electron chi connectivity index (χ4n) is 1.43. The summed E-state index contributed by atoms with van der Waals surface area (Å²) in [5.41, 5.74) is -0.293. The molecular formula is C12H11N3O4. The van der Waals surface area contributed by atoms with Gasteiger partial charge < -0.3 is 15.2 Å². The van der Waals surface area contributed by atoms with Gasteiger partial charge in [-0.15, -0.1) is 0 Å². The second-order valence-corrected chi connectivity index (χ2v) is 3.64. The van der Waals surface area contributed by atoms with Crippen LogP contribution in [-0.4, -0.2) is 28.3 Å². The molecule has 0 bridgehead atoms. The van der Waals surface area contributed by atoms with E-state index in [1.54, 1.807) is 6.07 Å². The summed E-state index contributed by atoms with van der Waals surface area (Å²) in [6.07, 6.45) is 0. The highest BCUT2D eigenvalue weighted by Crippen LogP contribution is 2.23. The van der Waals surface area contributed by atoms with Crippen LogP contribution < -0.4 is 15.6 Å². The lowest BCUT2D eigenvalue weighted by atomic mass is 10.2. The third-order valence-electron chi connectivity index (χ3n) is 2.37. The topological polar surface area (TPSA) is 104 Å². The van der Waals surface area contributed by atoms with Crippen LogP contribution in [0.1, 0.15) is 10.4 Å². The van der Waals surface area contributed by atoms with Crippen molar-refractivity contribution in [2.24, 2.45) is 0 Å². The highest BCUT2D eigenvalue weighted by molar-refractivity contribution is 6.05. The average Bonchev–Trinajstić information content (AvgIpc) is 2.41. The van der Waals surface area contributed by atoms with Crippen LogP contribution in [0.25, 0.3) is 0 Å². The standard InChI is InChI=1S/C12H11N3O4/c1-19-7-2-3-8(9(16)6-7)12(18)13-10-4-5-11(17)15-14-10/h2-6,16H,1H3,(H,15,17)(H,13,14,18). The Morgan fingerprint density at radius 3 is 2.74 bits per heavy atom. The van der Waals surface area contributed by atoms with E-state index < -0.39 is 5.91 Å². The van der Waals surface area contributed by atoms with Crippen LogP contribution in [0.5, 0.6) is 11.5 Å². The van der Waals surface area contributed by atoms with Crippen LogP contribution in [-0.2, 0) is 0 Å². The number of benzene rings is 1. The lowest BCUT2D eigenvalue weighted by Gasteiger charge is -2.07. The summed E-state index contributed by atoms with van der Waals surface area (Å²) in [7, 11) is 1.46. The number of nitrogens with one attached hydrogen (secondary N) is 2. The van der Waals surface area contributed by atoms with Gasteiger partial charge >= 0.3 is 0 Å². The SMILES string of the molecule is COc1ccc(C(=O)Nc2ccc(=O)[nH]n2)c(O)c1. The van der Waals surface area contributed by atoms with Gasteiger partial charge in [-0.25, -0.2) is 5.10 Å². The highest BCUT2D eigenvalue weighted by Gasteiger charge is 2.12. The smallest absolute Gasteiger partial charge is 0.264 e. The predicted molar refractivity (Wildman–Crippen MR) is 67.5 cm³/mol. The Morgan fingerprint density at radius 2 is 2.16 bits per heavy atom. The molecule has 0 aliphatic rings. The number of H-pyrrole nitrogens is 1. The van der Waals surface area contributed by atoms with Gasteiger partial charge in [-0.05, 0) is 18.2 Å². The van der Waals surface area contributed by atoms with Crippen LogP contribution in [0.15, 0.2) is 35.1 Å². The van der Waals surface area contributed by atoms with Crippen molar-refractivity contribution in [3.63, 3.8) is 0 Å². The molecule has 0 saturated heterocycles. The number of amides is 1. The molecule has 2 aromatic rings. The van der Waals surface area contributed by atoms with E-state index in [4.69, 9.17) is 4.74 Å². The van der Waals surface area contributed by atoms with Crippen molar-refractivity contribution in [1.29, 1.82) is 0 Å². The number of carbonyl (C=O) groups is 1. The first-order valence-electron chi connectivity index (χ1n) is 5.34. The van der Waals surface area contributed by atoms with Gasteiger partial charge in [0.2, 0.25) is 0 Å². The molecule has 0 atom stereocenters. The normalized spacial score (nSPS) is 9.95. The van der Waals surface area contributed by atoms with E-state index in [0.29, 0.717) is 5.75 Å². The Hall–Kier alpha value is -2.83. The third kappa shape index (κ3) is 2.89. The minimum absolute atomic E-state index is 0.0776. The number of methoxy groups -OCH3 is 1. The minimum atomic E-state index is -0.542. The number of hydrogen-bond donors (Lipinski definition) is 3. The van der Waals surface area contributed by atoms with Gasteiger partial charge in [0.1, 0.15) is 11.5 Å². The third-order valence-corrected chi connectivity index (χ3v) is 2.37. The fourth-order valence-corrected chi connectivity index (χ4v) is 1.43. The Bertz CT molecular complexity index is 646. The summed E-state index contributed by atoms with van der Waals surface area (Å²) in [6.45, 7) is 0. The van der Waals surface area contributed by atoms with Gasteiger partial charge in [0.25, 0.3) is 11.5 Å². The molecule has 0 spiro atoms. The molecule has 0 unspecified atom stereocenters. The maximum absolute atomic E-state index is 11.9. The average molecular weight is 261 g/mol. The summed E-state index contributed by atoms with van der Waals surface area (Å²) >= 11 is 0. The fraction of sp³-hybridized carbons (Fsp3) is 0.0833. The number of phenolic OH excluding ortho intramolecular Hbond substituents is 1. The molecule has 1 aromatic carbocycles. The summed E-state index contributed by atoms with van der Waals surface area (Å²) in [5.74, 6) is -0.128. The van der Waals surface area contributed by atoms with Crippen molar-refractivity contribution in [3.05, 3.63) is 46.2 Å². The first-order valence-corrected chi connectivity index (χ1v) is 5.34. The van der Waals surface area contributed by atoms with Gasteiger partial charge in [-0.2, -0.15) is 5.10 Å². The van der Waals surface area contributed by atoms with Crippen molar-refractivity contribution in [3.8, 4) is 11.5 Å². The zero-order valence-corrected chi connectivity index (χ0v) is 10.0. The van der Waals surface area contributed by atoms with Crippen LogP contribution in [0.4, 0.5) is 5.82 Å². The molecule has 2 rings (SSSR count). The molecule has 0 aliphatic carbocycles. The van der Waals surface area contributed by atoms with Gasteiger partial charge in [0, 0.05) is 12.1 Å². The van der Waals surface area contributed by atoms with E-state index in [0.717, 1.165) is 0 Å². The zero-order chi connectivity index (χ0) is 13.8. The van der Waals surface area contributed by atoms with E-state index in [-0.39, 0.29) is 22.7 Å². The number of nitrogens with zero attached hydrogens (tertiary/aromatic N) is 1. The van der Waals surface area contributed by atoms with Gasteiger partial charge in [0.05, 0.1) is 12.7 Å². The second-order valence-electron chi connectivity index (χ2n) is 3.64. The molecular weight excluding hydrogens is 250 g/mol. The van der Waals surface area contributed by atoms with Crippen LogP contribution in [0, 0.1) is 0 Å². The number of aromatic amines is 1. The highest BCUT2D eigenvalue weighted by atomic mass is 16.5. The Labute approximate surface area is 107 Å². The lowest BCUT2D eigenvalue weighted by molar-refractivity contribution is 0.102. The van der Waals surface area contributed by atoms with Crippen molar-refractivity contribution < 1.29 is 14.6 Å². The first-order chi connectivity index (χ1) is 9.10. The number of hydrogen-bond acceptors (Lipinski definition) is 5. The van der Waals surface area contributed by atoms with E-state index in [9.17, 15) is 14.7 Å². The van der Waals surface area contributed by atoms with Gasteiger partial charge in [0.15, 0.2) is 5.82 Å². The predicted octanol–water partition coefficient (Wildman–Crippen LogP) is 0.736. The van der Waals surface area contributed by atoms with Crippen molar-refractivity contribution >= 4 is 11.7 Å². The molecule has 0 radical (unpaired) electrons. The molecule has 98 valence electrons. The van der Waals surface area contributed by atoms with Crippen LogP contribution in [0.3, 0.4) is 0 Å². The molecule has 0 aliphatic heterocycles. The number of aromatic hydroxyl groups is 1. The minimum Gasteiger partial charge on any atom is -0.507 e. The molecule has 19 heavy (non-hydrogen) atoms. The Kier molecular flexibility index (Phi) is 3.46. The second kappa shape index (κ2) is 5.21. The largest absolute Gasteiger partial charge is 0.507 e. The molecule has 7 heteroatoms. The monoisotopic (exact) mass is 261 g/mol. The number of aromatic nitrogens is 2. The summed E-state index contributed by atoms with van der Waals surface area (Å²) in [5, 5.41) is 18.0. The van der Waals surface area contributed by atoms with E-state index in [2.05, 4.69) is 15.5 Å². The van der Waals surface area contributed by atoms with Crippen molar-refractivity contribution in [2.45, 2.75) is 0 Å². The van der Waals surface area contributed by atoms with E-state index >= 15 is 0 Å². The Morgan fingerprint density at radius 1 is 1.37 bits per heavy atom. The molecule has 1 heterocycles. The molecule has 0 saturated carbocycles. The van der Waals surface area contributed by atoms with Crippen LogP contribution in [0.2, 0.25) is 0 Å². The lowest BCUT2D eigenvalue weighted by Crippen LogP contribution is -2.15. The zero-order valence-electron chi connectivity index (χ0n) is 10.0. The summed E-state index contributed by atoms with van der Waals surface area (Å²) in [6, 6.07) is 6.90. The quantitative estimate of drug-likeness (QED) is 0.755. The van der Waals surface area contributed by atoms with Crippen LogP contribution >= 0.6 is 0 Å². The Balaban J connectivity index is 2.20. The van der Waals surface area contributed by atoms with Gasteiger partial charge in [-0.1, -0.05) is 0 Å². The summed E-state index contributed by atoms with van der Waals surface area (Å²) < 4.78 is 4.92. The number of anilines is 1. The number of carbonyl (C=O) groups excluding carboxylic acids is 1. The molecule has 1 aromatic heterocycles. The number of rotatable bonds is 3. The maximum Gasteiger partial charge on any atom is 0.264 e. The molecule has 1 amide bonds. The molecule has 0 fully saturated rings. The first kappa shape index (κ1) is 12.6. The van der Waals surface area contributed by atoms with Crippen molar-refractivity contribution in [2.75, 3.05) is 12.4 Å². The molecule has 3 N–H and O–H groups in total. The van der Waals surface area contributed by atoms with E-state index in [1.165, 1.54) is 31.4 Å².